The van der Waals surface area contributed by atoms with Gasteiger partial charge in [0, 0.05) is 18.2 Å². The quantitative estimate of drug-likeness (QED) is 0.771. The molecule has 0 unspecified atom stereocenters. The highest BCUT2D eigenvalue weighted by atomic mass is 32.2. The van der Waals surface area contributed by atoms with Gasteiger partial charge in [-0.05, 0) is 62.6 Å². The highest BCUT2D eigenvalue weighted by Gasteiger charge is 2.36. The summed E-state index contributed by atoms with van der Waals surface area (Å²) >= 11 is 0. The standard InChI is InChI=1S/C21H26N2O3S/c1-4-5-12-22-21(24)17-8-11-20-18(14-17)13-16(3)23(20)27(25,26)19-9-6-15(2)7-10-19/h6-11,14,16H,4-5,12-13H2,1-3H3,(H,22,24)/t16-/m1/s1. The van der Waals surface area contributed by atoms with E-state index in [1.165, 1.54) is 4.31 Å². The van der Waals surface area contributed by atoms with Gasteiger partial charge in [-0.25, -0.2) is 8.42 Å². The number of carbonyl (C=O) groups excluding carboxylic acids is 1. The van der Waals surface area contributed by atoms with Gasteiger partial charge in [0.05, 0.1) is 10.6 Å². The van der Waals surface area contributed by atoms with Crippen LogP contribution in [0.1, 0.15) is 48.2 Å². The van der Waals surface area contributed by atoms with Crippen LogP contribution in [0.15, 0.2) is 47.4 Å². The predicted octanol–water partition coefficient (Wildman–Crippen LogP) is 3.66. The molecule has 0 radical (unpaired) electrons. The Morgan fingerprint density at radius 2 is 1.89 bits per heavy atom. The van der Waals surface area contributed by atoms with Crippen molar-refractivity contribution in [3.63, 3.8) is 0 Å². The minimum Gasteiger partial charge on any atom is -0.352 e. The number of hydrogen-bond donors (Lipinski definition) is 1. The van der Waals surface area contributed by atoms with Crippen LogP contribution in [0.2, 0.25) is 0 Å². The monoisotopic (exact) mass is 386 g/mol. The summed E-state index contributed by atoms with van der Waals surface area (Å²) in [7, 11) is -3.64. The van der Waals surface area contributed by atoms with Gasteiger partial charge in [-0.3, -0.25) is 9.10 Å². The van der Waals surface area contributed by atoms with E-state index in [1.807, 2.05) is 19.9 Å². The summed E-state index contributed by atoms with van der Waals surface area (Å²) in [5.41, 5.74) is 3.14. The van der Waals surface area contributed by atoms with Gasteiger partial charge in [0.25, 0.3) is 15.9 Å². The summed E-state index contributed by atoms with van der Waals surface area (Å²) in [5, 5.41) is 2.90. The van der Waals surface area contributed by atoms with E-state index in [0.717, 1.165) is 24.0 Å². The molecule has 0 fully saturated rings. The van der Waals surface area contributed by atoms with Crippen LogP contribution in [-0.2, 0) is 16.4 Å². The second-order valence-electron chi connectivity index (χ2n) is 7.12. The third kappa shape index (κ3) is 3.86. The van der Waals surface area contributed by atoms with E-state index in [-0.39, 0.29) is 16.8 Å². The van der Waals surface area contributed by atoms with Crippen molar-refractivity contribution in [2.75, 3.05) is 10.8 Å². The maximum absolute atomic E-state index is 13.2. The average molecular weight is 387 g/mol. The molecule has 1 atom stereocenters. The van der Waals surface area contributed by atoms with Crippen molar-refractivity contribution < 1.29 is 13.2 Å². The highest BCUT2D eigenvalue weighted by molar-refractivity contribution is 7.92. The van der Waals surface area contributed by atoms with Gasteiger partial charge in [0.15, 0.2) is 0 Å². The number of sulfonamides is 1. The number of anilines is 1. The van der Waals surface area contributed by atoms with Crippen LogP contribution in [0.3, 0.4) is 0 Å². The zero-order chi connectivity index (χ0) is 19.6. The van der Waals surface area contributed by atoms with Gasteiger partial charge < -0.3 is 5.32 Å². The van der Waals surface area contributed by atoms with Crippen LogP contribution in [0, 0.1) is 6.92 Å². The fourth-order valence-corrected chi connectivity index (χ4v) is 5.11. The molecule has 0 spiro atoms. The van der Waals surface area contributed by atoms with Gasteiger partial charge in [-0.2, -0.15) is 0 Å². The van der Waals surface area contributed by atoms with Crippen LogP contribution in [-0.4, -0.2) is 26.9 Å². The van der Waals surface area contributed by atoms with Crippen LogP contribution in [0.25, 0.3) is 0 Å². The lowest BCUT2D eigenvalue weighted by Crippen LogP contribution is -2.35. The first-order valence-electron chi connectivity index (χ1n) is 9.37. The van der Waals surface area contributed by atoms with Crippen molar-refractivity contribution in [3.05, 3.63) is 59.2 Å². The number of amides is 1. The van der Waals surface area contributed by atoms with Gasteiger partial charge in [-0.15, -0.1) is 0 Å². The normalized spacial score (nSPS) is 16.3. The van der Waals surface area contributed by atoms with Crippen molar-refractivity contribution in [1.29, 1.82) is 0 Å². The molecule has 144 valence electrons. The summed E-state index contributed by atoms with van der Waals surface area (Å²) in [6.07, 6.45) is 2.56. The lowest BCUT2D eigenvalue weighted by Gasteiger charge is -2.24. The molecule has 3 rings (SSSR count). The molecule has 1 amide bonds. The van der Waals surface area contributed by atoms with E-state index >= 15 is 0 Å². The Balaban J connectivity index is 1.89. The predicted molar refractivity (Wildman–Crippen MR) is 108 cm³/mol. The Morgan fingerprint density at radius 3 is 2.56 bits per heavy atom. The smallest absolute Gasteiger partial charge is 0.264 e. The highest BCUT2D eigenvalue weighted by Crippen LogP contribution is 2.37. The Kier molecular flexibility index (Phi) is 5.56. The molecule has 6 heteroatoms. The number of rotatable bonds is 6. The van der Waals surface area contributed by atoms with E-state index in [1.54, 1.807) is 36.4 Å². The van der Waals surface area contributed by atoms with Gasteiger partial charge in [-0.1, -0.05) is 31.0 Å². The molecule has 0 saturated heterocycles. The molecule has 2 aromatic rings. The van der Waals surface area contributed by atoms with Crippen molar-refractivity contribution in [2.45, 2.75) is 51.0 Å². The molecule has 5 nitrogen and oxygen atoms in total. The second-order valence-corrected chi connectivity index (χ2v) is 8.93. The molecular weight excluding hydrogens is 360 g/mol. The molecule has 0 aliphatic carbocycles. The van der Waals surface area contributed by atoms with Crippen molar-refractivity contribution >= 4 is 21.6 Å². The first-order valence-corrected chi connectivity index (χ1v) is 10.8. The minimum absolute atomic E-state index is 0.112. The molecule has 2 aromatic carbocycles. The SMILES string of the molecule is CCCCNC(=O)c1ccc2c(c1)C[C@@H](C)N2S(=O)(=O)c1ccc(C)cc1. The number of nitrogens with one attached hydrogen (secondary N) is 1. The number of unbranched alkanes of at least 4 members (excludes halogenated alkanes) is 1. The topological polar surface area (TPSA) is 66.5 Å². The van der Waals surface area contributed by atoms with E-state index in [9.17, 15) is 13.2 Å². The lowest BCUT2D eigenvalue weighted by molar-refractivity contribution is 0.0953. The molecule has 1 aliphatic rings. The minimum atomic E-state index is -3.64. The number of carbonyl (C=O) groups is 1. The molecular formula is C21H26N2O3S. The van der Waals surface area contributed by atoms with Gasteiger partial charge >= 0.3 is 0 Å². The number of aryl methyl sites for hydroxylation is 1. The first-order chi connectivity index (χ1) is 12.8. The Morgan fingerprint density at radius 1 is 1.19 bits per heavy atom. The second kappa shape index (κ2) is 7.72. The molecule has 1 N–H and O–H groups in total. The first kappa shape index (κ1) is 19.4. The summed E-state index contributed by atoms with van der Waals surface area (Å²) in [6, 6.07) is 12.0. The van der Waals surface area contributed by atoms with Crippen LogP contribution < -0.4 is 9.62 Å². The lowest BCUT2D eigenvalue weighted by atomic mass is 10.1. The van der Waals surface area contributed by atoms with Crippen molar-refractivity contribution in [1.82, 2.24) is 5.32 Å². The molecule has 0 aromatic heterocycles. The molecule has 1 heterocycles. The molecule has 1 aliphatic heterocycles. The van der Waals surface area contributed by atoms with Crippen LogP contribution in [0.4, 0.5) is 5.69 Å². The van der Waals surface area contributed by atoms with Crippen LogP contribution in [0.5, 0.6) is 0 Å². The fraction of sp³-hybridized carbons (Fsp3) is 0.381. The number of nitrogens with zero attached hydrogens (tertiary/aromatic N) is 1. The summed E-state index contributed by atoms with van der Waals surface area (Å²) in [5.74, 6) is -0.112. The van der Waals surface area contributed by atoms with E-state index in [4.69, 9.17) is 0 Å². The van der Waals surface area contributed by atoms with Gasteiger partial charge in [0.1, 0.15) is 0 Å². The van der Waals surface area contributed by atoms with Crippen LogP contribution >= 0.6 is 0 Å². The third-order valence-corrected chi connectivity index (χ3v) is 6.83. The van der Waals surface area contributed by atoms with Crippen molar-refractivity contribution in [3.8, 4) is 0 Å². The van der Waals surface area contributed by atoms with E-state index in [2.05, 4.69) is 12.2 Å². The summed E-state index contributed by atoms with van der Waals surface area (Å²) in [4.78, 5) is 12.6. The average Bonchev–Trinajstić information content (AvgIpc) is 2.97. The Hall–Kier alpha value is -2.34. The van der Waals surface area contributed by atoms with Crippen molar-refractivity contribution in [2.24, 2.45) is 0 Å². The molecule has 0 bridgehead atoms. The van der Waals surface area contributed by atoms with E-state index < -0.39 is 10.0 Å². The fourth-order valence-electron chi connectivity index (χ4n) is 3.41. The zero-order valence-corrected chi connectivity index (χ0v) is 16.8. The Bertz CT molecular complexity index is 936. The summed E-state index contributed by atoms with van der Waals surface area (Å²) in [6.45, 7) is 6.55. The zero-order valence-electron chi connectivity index (χ0n) is 16.0. The Labute approximate surface area is 161 Å². The maximum Gasteiger partial charge on any atom is 0.264 e. The van der Waals surface area contributed by atoms with E-state index in [0.29, 0.717) is 24.2 Å². The third-order valence-electron chi connectivity index (χ3n) is 4.89. The molecule has 0 saturated carbocycles. The summed E-state index contributed by atoms with van der Waals surface area (Å²) < 4.78 is 27.8. The molecule has 27 heavy (non-hydrogen) atoms. The number of benzene rings is 2. The largest absolute Gasteiger partial charge is 0.352 e. The maximum atomic E-state index is 13.2. The number of hydrogen-bond acceptors (Lipinski definition) is 3. The number of fused-ring (bicyclic) bond motifs is 1. The van der Waals surface area contributed by atoms with Gasteiger partial charge in [0.2, 0.25) is 0 Å².